The summed E-state index contributed by atoms with van der Waals surface area (Å²) < 4.78 is 11.7. The lowest BCUT2D eigenvalue weighted by Crippen LogP contribution is -2.19. The van der Waals surface area contributed by atoms with Crippen molar-refractivity contribution in [1.82, 2.24) is 15.6 Å². The van der Waals surface area contributed by atoms with Crippen molar-refractivity contribution in [3.8, 4) is 11.5 Å². The number of carbonyl (C=O) groups is 1. The van der Waals surface area contributed by atoms with Crippen molar-refractivity contribution in [3.05, 3.63) is 62.1 Å². The third-order valence-corrected chi connectivity index (χ3v) is 5.91. The van der Waals surface area contributed by atoms with Crippen molar-refractivity contribution in [2.24, 2.45) is 5.10 Å². The highest BCUT2D eigenvalue weighted by Gasteiger charge is 2.12. The molecule has 0 aliphatic carbocycles. The van der Waals surface area contributed by atoms with E-state index in [1.807, 2.05) is 13.0 Å². The number of rotatable bonds is 10. The molecule has 180 valence electrons. The second kappa shape index (κ2) is 12.0. The van der Waals surface area contributed by atoms with E-state index in [1.54, 1.807) is 12.1 Å². The van der Waals surface area contributed by atoms with Gasteiger partial charge < -0.3 is 15.2 Å². The van der Waals surface area contributed by atoms with E-state index in [0.29, 0.717) is 44.0 Å². The summed E-state index contributed by atoms with van der Waals surface area (Å²) in [6, 6.07) is 9.46. The fourth-order valence-corrected chi connectivity index (χ4v) is 4.25. The molecule has 8 nitrogen and oxygen atoms in total. The number of halogens is 2. The first-order valence-corrected chi connectivity index (χ1v) is 12.0. The average Bonchev–Trinajstić information content (AvgIpc) is 3.16. The summed E-state index contributed by atoms with van der Waals surface area (Å²) in [6.45, 7) is 6.88. The summed E-state index contributed by atoms with van der Waals surface area (Å²) in [4.78, 5) is 11.9. The number of nitrogens with zero attached hydrogens (tertiary/aromatic N) is 3. The van der Waals surface area contributed by atoms with Gasteiger partial charge >= 0.3 is 0 Å². The lowest BCUT2D eigenvalue weighted by atomic mass is 10.0. The number of nitrogen functional groups attached to an aromatic ring is 1. The van der Waals surface area contributed by atoms with Gasteiger partial charge in [0.05, 0.1) is 22.7 Å². The Morgan fingerprint density at radius 1 is 1.18 bits per heavy atom. The van der Waals surface area contributed by atoms with E-state index < -0.39 is 0 Å². The predicted octanol–water partition coefficient (Wildman–Crippen LogP) is 5.01. The number of ether oxygens (including phenoxy) is 2. The molecular weight excluding hydrogens is 497 g/mol. The molecule has 1 heterocycles. The first-order valence-electron chi connectivity index (χ1n) is 10.5. The molecule has 0 fully saturated rings. The van der Waals surface area contributed by atoms with Crippen LogP contribution in [0.1, 0.15) is 41.5 Å². The molecular formula is C23H25Cl2N5O3S. The SMILES string of the molecule is Cc1ccc(C(C)C)c(OCCOc2c(Cl)cc(/C=N/NC(=O)Cc3nnc(N)s3)cc2Cl)c1. The van der Waals surface area contributed by atoms with E-state index in [2.05, 4.69) is 46.7 Å². The van der Waals surface area contributed by atoms with Crippen LogP contribution in [0.2, 0.25) is 10.0 Å². The van der Waals surface area contributed by atoms with Crippen molar-refractivity contribution >= 4 is 51.8 Å². The standard InChI is InChI=1S/C23H25Cl2N5O3S/c1-13(2)16-5-4-14(3)8-19(16)32-6-7-33-22-17(24)9-15(10-18(22)25)12-27-28-20(31)11-21-29-30-23(26)34-21/h4-5,8-10,12-13H,6-7,11H2,1-3H3,(H2,26,30)(H,28,31)/b27-12+. The van der Waals surface area contributed by atoms with Gasteiger partial charge in [-0.25, -0.2) is 5.43 Å². The lowest BCUT2D eigenvalue weighted by Gasteiger charge is -2.16. The van der Waals surface area contributed by atoms with E-state index in [4.69, 9.17) is 38.4 Å². The van der Waals surface area contributed by atoms with Crippen LogP contribution >= 0.6 is 34.5 Å². The van der Waals surface area contributed by atoms with Gasteiger partial charge in [0.2, 0.25) is 11.0 Å². The van der Waals surface area contributed by atoms with Gasteiger partial charge in [0, 0.05) is 0 Å². The Morgan fingerprint density at radius 3 is 2.53 bits per heavy atom. The zero-order valence-electron chi connectivity index (χ0n) is 19.0. The molecule has 0 bridgehead atoms. The van der Waals surface area contributed by atoms with Gasteiger partial charge in [0.15, 0.2) is 5.75 Å². The van der Waals surface area contributed by atoms with E-state index in [9.17, 15) is 4.79 Å². The third-order valence-electron chi connectivity index (χ3n) is 4.60. The van der Waals surface area contributed by atoms with E-state index in [-0.39, 0.29) is 18.9 Å². The highest BCUT2D eigenvalue weighted by molar-refractivity contribution is 7.15. The van der Waals surface area contributed by atoms with Crippen molar-refractivity contribution in [2.45, 2.75) is 33.1 Å². The Bertz CT molecular complexity index is 1160. The summed E-state index contributed by atoms with van der Waals surface area (Å²) in [5.74, 6) is 1.20. The van der Waals surface area contributed by atoms with Gasteiger partial charge in [-0.05, 0) is 47.7 Å². The molecule has 3 N–H and O–H groups in total. The van der Waals surface area contributed by atoms with Gasteiger partial charge in [0.1, 0.15) is 24.0 Å². The van der Waals surface area contributed by atoms with Crippen molar-refractivity contribution in [3.63, 3.8) is 0 Å². The molecule has 1 aromatic heterocycles. The first-order chi connectivity index (χ1) is 16.2. The zero-order valence-corrected chi connectivity index (χ0v) is 21.3. The van der Waals surface area contributed by atoms with E-state index >= 15 is 0 Å². The highest BCUT2D eigenvalue weighted by atomic mass is 35.5. The van der Waals surface area contributed by atoms with Crippen LogP contribution in [0.4, 0.5) is 5.13 Å². The van der Waals surface area contributed by atoms with Gasteiger partial charge in [-0.1, -0.05) is 60.5 Å². The topological polar surface area (TPSA) is 112 Å². The fraction of sp³-hybridized carbons (Fsp3) is 0.304. The van der Waals surface area contributed by atoms with Crippen molar-refractivity contribution in [2.75, 3.05) is 18.9 Å². The first kappa shape index (κ1) is 25.7. The van der Waals surface area contributed by atoms with Gasteiger partial charge in [-0.15, -0.1) is 10.2 Å². The van der Waals surface area contributed by atoms with Crippen LogP contribution in [0.5, 0.6) is 11.5 Å². The molecule has 0 atom stereocenters. The maximum atomic E-state index is 11.9. The van der Waals surface area contributed by atoms with E-state index in [0.717, 1.165) is 28.2 Å². The second-order valence-corrected chi connectivity index (χ2v) is 9.62. The molecule has 0 saturated heterocycles. The van der Waals surface area contributed by atoms with Crippen molar-refractivity contribution in [1.29, 1.82) is 0 Å². The zero-order chi connectivity index (χ0) is 24.7. The predicted molar refractivity (Wildman–Crippen MR) is 136 cm³/mol. The molecule has 2 aromatic carbocycles. The maximum Gasteiger partial charge on any atom is 0.247 e. The Balaban J connectivity index is 1.52. The second-order valence-electron chi connectivity index (χ2n) is 7.71. The summed E-state index contributed by atoms with van der Waals surface area (Å²) in [6.07, 6.45) is 1.46. The summed E-state index contributed by atoms with van der Waals surface area (Å²) in [5, 5.41) is 12.8. The summed E-state index contributed by atoms with van der Waals surface area (Å²) in [7, 11) is 0. The number of carbonyl (C=O) groups excluding carboxylic acids is 1. The molecule has 0 unspecified atom stereocenters. The van der Waals surface area contributed by atoms with Crippen LogP contribution in [-0.4, -0.2) is 35.5 Å². The normalized spacial score (nSPS) is 11.2. The summed E-state index contributed by atoms with van der Waals surface area (Å²) >= 11 is 13.8. The summed E-state index contributed by atoms with van der Waals surface area (Å²) in [5.41, 5.74) is 10.8. The molecule has 0 saturated carbocycles. The molecule has 0 aliphatic heterocycles. The molecule has 3 rings (SSSR count). The van der Waals surface area contributed by atoms with E-state index in [1.165, 1.54) is 6.21 Å². The van der Waals surface area contributed by atoms with Crippen molar-refractivity contribution < 1.29 is 14.3 Å². The van der Waals surface area contributed by atoms with Gasteiger partial charge in [-0.3, -0.25) is 4.79 Å². The van der Waals surface area contributed by atoms with Gasteiger partial charge in [-0.2, -0.15) is 5.10 Å². The van der Waals surface area contributed by atoms with Crippen LogP contribution in [0.25, 0.3) is 0 Å². The largest absolute Gasteiger partial charge is 0.490 e. The number of aromatic nitrogens is 2. The quantitative estimate of drug-likeness (QED) is 0.220. The number of amides is 1. The Hall–Kier alpha value is -2.88. The molecule has 0 aliphatic rings. The molecule has 0 radical (unpaired) electrons. The van der Waals surface area contributed by atoms with Crippen LogP contribution < -0.4 is 20.6 Å². The number of anilines is 1. The minimum atomic E-state index is -0.348. The van der Waals surface area contributed by atoms with Crippen LogP contribution in [0.3, 0.4) is 0 Å². The molecule has 0 spiro atoms. The molecule has 34 heavy (non-hydrogen) atoms. The average molecular weight is 522 g/mol. The third kappa shape index (κ3) is 7.31. The number of hydrogen-bond acceptors (Lipinski definition) is 8. The smallest absolute Gasteiger partial charge is 0.247 e. The van der Waals surface area contributed by atoms with Crippen LogP contribution in [-0.2, 0) is 11.2 Å². The fourth-order valence-electron chi connectivity index (χ4n) is 3.02. The number of benzene rings is 2. The number of nitrogens with two attached hydrogens (primary N) is 1. The number of aryl methyl sites for hydroxylation is 1. The maximum absolute atomic E-state index is 11.9. The minimum absolute atomic E-state index is 0.0315. The number of nitrogens with one attached hydrogen (secondary N) is 1. The van der Waals surface area contributed by atoms with Crippen LogP contribution in [0, 0.1) is 6.92 Å². The molecule has 11 heteroatoms. The Morgan fingerprint density at radius 2 is 1.88 bits per heavy atom. The molecule has 3 aromatic rings. The Labute approximate surface area is 212 Å². The van der Waals surface area contributed by atoms with Gasteiger partial charge in [0.25, 0.3) is 0 Å². The monoisotopic (exact) mass is 521 g/mol. The lowest BCUT2D eigenvalue weighted by molar-refractivity contribution is -0.120. The molecule has 1 amide bonds. The number of hydrazone groups is 1. The van der Waals surface area contributed by atoms with Crippen LogP contribution in [0.15, 0.2) is 35.4 Å². The number of hydrogen-bond donors (Lipinski definition) is 2. The Kier molecular flexibility index (Phi) is 9.09. The minimum Gasteiger partial charge on any atom is -0.490 e. The highest BCUT2D eigenvalue weighted by Crippen LogP contribution is 2.34.